The molecule has 0 fully saturated rings. The zero-order valence-electron chi connectivity index (χ0n) is 16.7. The molecular formula is C21H20N2O9. The SMILES string of the molecule is C[C@H]1c2ccc(NC=O)c(O)c2C(=O)C2=C(O)[C@]3(O)C(=O)C(C(N)=O)=C(O)C[C@@H]3[C@@H](O)[C@@H]21. The Labute approximate surface area is 180 Å². The number of ketones is 2. The van der Waals surface area contributed by atoms with Crippen molar-refractivity contribution in [2.75, 3.05) is 5.32 Å². The predicted molar refractivity (Wildman–Crippen MR) is 107 cm³/mol. The van der Waals surface area contributed by atoms with Gasteiger partial charge in [0.15, 0.2) is 17.1 Å². The van der Waals surface area contributed by atoms with E-state index in [1.807, 2.05) is 0 Å². The summed E-state index contributed by atoms with van der Waals surface area (Å²) in [6.07, 6.45) is -1.84. The highest BCUT2D eigenvalue weighted by molar-refractivity contribution is 6.24. The van der Waals surface area contributed by atoms with E-state index < -0.39 is 81.8 Å². The standard InChI is InChI=1S/C21H20N2O9/c1-6-7-2-3-9(23-5-24)16(27)12(7)17(28)14-11(6)15(26)8-4-10(25)13(20(22)31)18(29)21(8,32)19(14)30/h2-3,5-6,8,11,15,25-27,30,32H,4H2,1H3,(H2,22,31)(H,23,24)/t6-,8+,11+,15+,21+/m0/s1. The minimum Gasteiger partial charge on any atom is -0.511 e. The lowest BCUT2D eigenvalue weighted by molar-refractivity contribution is -0.154. The Morgan fingerprint density at radius 2 is 1.91 bits per heavy atom. The highest BCUT2D eigenvalue weighted by Crippen LogP contribution is 2.55. The number of phenolic OH excluding ortho intramolecular Hbond substituents is 1. The molecule has 0 saturated heterocycles. The summed E-state index contributed by atoms with van der Waals surface area (Å²) in [6, 6.07) is 2.84. The van der Waals surface area contributed by atoms with Crippen LogP contribution in [0.1, 0.15) is 35.2 Å². The zero-order valence-corrected chi connectivity index (χ0v) is 16.7. The molecule has 0 bridgehead atoms. The van der Waals surface area contributed by atoms with Crippen LogP contribution in [0.5, 0.6) is 5.75 Å². The van der Waals surface area contributed by atoms with Crippen LogP contribution in [0.4, 0.5) is 5.69 Å². The Morgan fingerprint density at radius 1 is 1.25 bits per heavy atom. The second-order valence-corrected chi connectivity index (χ2v) is 8.18. The normalized spacial score (nSPS) is 31.6. The predicted octanol–water partition coefficient (Wildman–Crippen LogP) is -0.319. The maximum absolute atomic E-state index is 13.4. The minimum atomic E-state index is -2.89. The van der Waals surface area contributed by atoms with Crippen molar-refractivity contribution >= 4 is 29.6 Å². The van der Waals surface area contributed by atoms with Crippen LogP contribution in [-0.4, -0.2) is 61.1 Å². The molecule has 0 unspecified atom stereocenters. The Bertz CT molecular complexity index is 1170. The molecule has 8 N–H and O–H groups in total. The lowest BCUT2D eigenvalue weighted by atomic mass is 9.56. The van der Waals surface area contributed by atoms with Crippen LogP contribution in [0.3, 0.4) is 0 Å². The number of anilines is 1. The molecule has 0 spiro atoms. The number of fused-ring (bicyclic) bond motifs is 3. The van der Waals surface area contributed by atoms with E-state index in [2.05, 4.69) is 5.32 Å². The minimum absolute atomic E-state index is 0.0802. The number of Topliss-reactive ketones (excluding diaryl/α,β-unsaturated/α-hetero) is 2. The maximum Gasteiger partial charge on any atom is 0.255 e. The van der Waals surface area contributed by atoms with Crippen molar-refractivity contribution in [1.29, 1.82) is 0 Å². The summed E-state index contributed by atoms with van der Waals surface area (Å²) >= 11 is 0. The topological polar surface area (TPSA) is 207 Å². The van der Waals surface area contributed by atoms with E-state index in [-0.39, 0.29) is 11.3 Å². The van der Waals surface area contributed by atoms with Crippen LogP contribution in [0.2, 0.25) is 0 Å². The highest BCUT2D eigenvalue weighted by Gasteiger charge is 2.64. The number of nitrogens with one attached hydrogen (secondary N) is 1. The maximum atomic E-state index is 13.4. The van der Waals surface area contributed by atoms with Gasteiger partial charge in [-0.05, 0) is 17.5 Å². The number of primary amides is 1. The third-order valence-corrected chi connectivity index (χ3v) is 6.71. The van der Waals surface area contributed by atoms with Gasteiger partial charge in [0.25, 0.3) is 5.91 Å². The van der Waals surface area contributed by atoms with Gasteiger partial charge in [0.05, 0.1) is 17.4 Å². The third kappa shape index (κ3) is 2.49. The van der Waals surface area contributed by atoms with Crippen LogP contribution in [0.15, 0.2) is 34.8 Å². The van der Waals surface area contributed by atoms with Crippen LogP contribution < -0.4 is 11.1 Å². The number of rotatable bonds is 3. The molecule has 11 heteroatoms. The molecule has 2 amide bonds. The van der Waals surface area contributed by atoms with Crippen molar-refractivity contribution in [2.24, 2.45) is 17.6 Å². The number of amides is 2. The van der Waals surface area contributed by atoms with Crippen LogP contribution in [0, 0.1) is 11.8 Å². The van der Waals surface area contributed by atoms with E-state index in [9.17, 15) is 44.7 Å². The van der Waals surface area contributed by atoms with Crippen LogP contribution in [-0.2, 0) is 14.4 Å². The fraction of sp³-hybridized carbons (Fsp3) is 0.333. The van der Waals surface area contributed by atoms with E-state index in [0.717, 1.165) is 0 Å². The van der Waals surface area contributed by atoms with Gasteiger partial charge in [-0.15, -0.1) is 0 Å². The van der Waals surface area contributed by atoms with Crippen molar-refractivity contribution in [1.82, 2.24) is 0 Å². The lowest BCUT2D eigenvalue weighted by Crippen LogP contribution is -2.62. The van der Waals surface area contributed by atoms with Crippen molar-refractivity contribution in [3.05, 3.63) is 45.9 Å². The molecule has 1 aromatic carbocycles. The van der Waals surface area contributed by atoms with E-state index in [4.69, 9.17) is 5.73 Å². The van der Waals surface area contributed by atoms with Crippen molar-refractivity contribution in [3.63, 3.8) is 0 Å². The number of aliphatic hydroxyl groups excluding tert-OH is 3. The number of aliphatic hydroxyl groups is 4. The molecule has 1 aromatic rings. The van der Waals surface area contributed by atoms with Gasteiger partial charge in [0.1, 0.15) is 17.1 Å². The Kier molecular flexibility index (Phi) is 4.64. The van der Waals surface area contributed by atoms with Gasteiger partial charge in [-0.1, -0.05) is 13.0 Å². The molecule has 0 heterocycles. The second-order valence-electron chi connectivity index (χ2n) is 8.18. The molecule has 168 valence electrons. The number of carbonyl (C=O) groups is 4. The summed E-state index contributed by atoms with van der Waals surface area (Å²) < 4.78 is 0. The van der Waals surface area contributed by atoms with Gasteiger partial charge >= 0.3 is 0 Å². The fourth-order valence-electron chi connectivity index (χ4n) is 5.18. The molecule has 5 atom stereocenters. The first-order valence-electron chi connectivity index (χ1n) is 9.69. The van der Waals surface area contributed by atoms with Crippen molar-refractivity contribution < 1.29 is 44.7 Å². The molecular weight excluding hydrogens is 424 g/mol. The molecule has 3 aliphatic rings. The largest absolute Gasteiger partial charge is 0.511 e. The number of hydrogen-bond acceptors (Lipinski definition) is 9. The monoisotopic (exact) mass is 444 g/mol. The summed E-state index contributed by atoms with van der Waals surface area (Å²) in [6.45, 7) is 1.61. The molecule has 0 aliphatic heterocycles. The summed E-state index contributed by atoms with van der Waals surface area (Å²) in [7, 11) is 0. The number of phenols is 1. The molecule has 32 heavy (non-hydrogen) atoms. The van der Waals surface area contributed by atoms with Crippen LogP contribution in [0.25, 0.3) is 0 Å². The smallest absolute Gasteiger partial charge is 0.255 e. The summed E-state index contributed by atoms with van der Waals surface area (Å²) in [4.78, 5) is 48.7. The van der Waals surface area contributed by atoms with Gasteiger partial charge in [0.2, 0.25) is 12.2 Å². The number of allylic oxidation sites excluding steroid dienone is 1. The molecule has 11 nitrogen and oxygen atoms in total. The first-order chi connectivity index (χ1) is 15.0. The zero-order chi connectivity index (χ0) is 23.7. The highest BCUT2D eigenvalue weighted by atomic mass is 16.4. The number of hydrogen-bond donors (Lipinski definition) is 7. The second kappa shape index (κ2) is 6.90. The van der Waals surface area contributed by atoms with Gasteiger partial charge in [-0.3, -0.25) is 19.2 Å². The quantitative estimate of drug-likeness (QED) is 0.185. The third-order valence-electron chi connectivity index (χ3n) is 6.71. The van der Waals surface area contributed by atoms with Crippen molar-refractivity contribution in [3.8, 4) is 5.75 Å². The average Bonchev–Trinajstić information content (AvgIpc) is 2.72. The van der Waals surface area contributed by atoms with Gasteiger partial charge in [-0.25, -0.2) is 0 Å². The van der Waals surface area contributed by atoms with Gasteiger partial charge < -0.3 is 36.6 Å². The van der Waals surface area contributed by atoms with Crippen LogP contribution >= 0.6 is 0 Å². The van der Waals surface area contributed by atoms with E-state index in [1.165, 1.54) is 12.1 Å². The molecule has 3 aliphatic carbocycles. The molecule has 4 rings (SSSR count). The van der Waals surface area contributed by atoms with E-state index in [1.54, 1.807) is 6.92 Å². The average molecular weight is 444 g/mol. The fourth-order valence-corrected chi connectivity index (χ4v) is 5.18. The molecule has 0 aromatic heterocycles. The van der Waals surface area contributed by atoms with Crippen molar-refractivity contribution in [2.45, 2.75) is 31.0 Å². The van der Waals surface area contributed by atoms with E-state index in [0.29, 0.717) is 12.0 Å². The Morgan fingerprint density at radius 3 is 2.50 bits per heavy atom. The molecule has 0 saturated carbocycles. The summed E-state index contributed by atoms with van der Waals surface area (Å²) in [5.74, 6) is -9.39. The summed E-state index contributed by atoms with van der Waals surface area (Å²) in [5, 5.41) is 56.2. The van der Waals surface area contributed by atoms with E-state index >= 15 is 0 Å². The lowest BCUT2D eigenvalue weighted by Gasteiger charge is -2.50. The van der Waals surface area contributed by atoms with Gasteiger partial charge in [0, 0.05) is 23.8 Å². The number of aromatic hydroxyl groups is 1. The Balaban J connectivity index is 1.98. The molecule has 0 radical (unpaired) electrons. The number of nitrogens with two attached hydrogens (primary N) is 1. The number of benzene rings is 1. The first-order valence-corrected chi connectivity index (χ1v) is 9.69. The number of carbonyl (C=O) groups excluding carboxylic acids is 4. The van der Waals surface area contributed by atoms with Gasteiger partial charge in [-0.2, -0.15) is 0 Å². The summed E-state index contributed by atoms with van der Waals surface area (Å²) in [5.41, 5.74) is 0.774. The Hall–Kier alpha value is -3.70. The first kappa shape index (κ1) is 21.5.